The molecular formula is C22H22ClN3O2S. The molecule has 0 saturated carbocycles. The highest BCUT2D eigenvalue weighted by Crippen LogP contribution is 2.43. The van der Waals surface area contributed by atoms with Crippen LogP contribution in [-0.4, -0.2) is 47.5 Å². The van der Waals surface area contributed by atoms with Gasteiger partial charge in [0.15, 0.2) is 0 Å². The third kappa shape index (κ3) is 3.80. The molecule has 2 aromatic carbocycles. The van der Waals surface area contributed by atoms with Crippen molar-refractivity contribution >= 4 is 29.3 Å². The lowest BCUT2D eigenvalue weighted by Crippen LogP contribution is -2.31. The molecule has 3 aromatic rings. The van der Waals surface area contributed by atoms with Gasteiger partial charge in [-0.15, -0.1) is 11.8 Å². The van der Waals surface area contributed by atoms with Gasteiger partial charge in [0.2, 0.25) is 0 Å². The molecule has 1 aromatic heterocycles. The van der Waals surface area contributed by atoms with E-state index in [2.05, 4.69) is 40.7 Å². The second-order valence-corrected chi connectivity index (χ2v) is 8.20. The van der Waals surface area contributed by atoms with Crippen molar-refractivity contribution in [2.24, 2.45) is 0 Å². The summed E-state index contributed by atoms with van der Waals surface area (Å²) < 4.78 is 5.20. The Morgan fingerprint density at radius 1 is 1.17 bits per heavy atom. The highest BCUT2D eigenvalue weighted by Gasteiger charge is 2.41. The minimum absolute atomic E-state index is 0.0252. The Kier molecular flexibility index (Phi) is 5.94. The van der Waals surface area contributed by atoms with E-state index in [9.17, 15) is 4.79 Å². The fourth-order valence-corrected chi connectivity index (χ4v) is 4.30. The number of hydrogen-bond acceptors (Lipinski definition) is 4. The summed E-state index contributed by atoms with van der Waals surface area (Å²) in [5, 5.41) is 8.14. The van der Waals surface area contributed by atoms with Crippen molar-refractivity contribution in [1.82, 2.24) is 15.1 Å². The average molecular weight is 428 g/mol. The maximum atomic E-state index is 13.2. The molecule has 0 bridgehead atoms. The molecule has 2 heterocycles. The molecule has 150 valence electrons. The molecular weight excluding hydrogens is 406 g/mol. The molecule has 1 N–H and O–H groups in total. The quantitative estimate of drug-likeness (QED) is 0.424. The summed E-state index contributed by atoms with van der Waals surface area (Å²) in [6, 6.07) is 15.8. The maximum absolute atomic E-state index is 13.2. The van der Waals surface area contributed by atoms with E-state index in [4.69, 9.17) is 16.3 Å². The Balaban J connectivity index is 1.79. The fourth-order valence-electron chi connectivity index (χ4n) is 3.77. The summed E-state index contributed by atoms with van der Waals surface area (Å²) in [5.41, 5.74) is 4.28. The summed E-state index contributed by atoms with van der Waals surface area (Å²) in [6.07, 6.45) is 2.83. The molecule has 0 saturated heterocycles. The van der Waals surface area contributed by atoms with Gasteiger partial charge in [0.1, 0.15) is 5.69 Å². The lowest BCUT2D eigenvalue weighted by Gasteiger charge is -2.26. The van der Waals surface area contributed by atoms with Crippen molar-refractivity contribution in [2.45, 2.75) is 17.4 Å². The zero-order valence-electron chi connectivity index (χ0n) is 16.3. The van der Waals surface area contributed by atoms with E-state index in [0.717, 1.165) is 28.8 Å². The van der Waals surface area contributed by atoms with Crippen LogP contribution in [0.25, 0.3) is 11.3 Å². The van der Waals surface area contributed by atoms with Crippen molar-refractivity contribution in [3.63, 3.8) is 0 Å². The van der Waals surface area contributed by atoms with Crippen molar-refractivity contribution < 1.29 is 9.53 Å². The van der Waals surface area contributed by atoms with E-state index in [1.807, 2.05) is 29.2 Å². The van der Waals surface area contributed by atoms with Crippen LogP contribution in [0.2, 0.25) is 5.02 Å². The Morgan fingerprint density at radius 2 is 1.90 bits per heavy atom. The number of carbonyl (C=O) groups excluding carboxylic acids is 1. The van der Waals surface area contributed by atoms with Gasteiger partial charge >= 0.3 is 0 Å². The molecule has 1 unspecified atom stereocenters. The summed E-state index contributed by atoms with van der Waals surface area (Å²) in [4.78, 5) is 16.3. The predicted octanol–water partition coefficient (Wildman–Crippen LogP) is 5.03. The molecule has 5 nitrogen and oxygen atoms in total. The molecule has 1 aliphatic rings. The van der Waals surface area contributed by atoms with Gasteiger partial charge in [-0.25, -0.2) is 0 Å². The third-order valence-corrected chi connectivity index (χ3v) is 6.16. The smallest absolute Gasteiger partial charge is 0.273 e. The number of aromatic nitrogens is 2. The van der Waals surface area contributed by atoms with Gasteiger partial charge < -0.3 is 9.64 Å². The van der Waals surface area contributed by atoms with Crippen molar-refractivity contribution in [1.29, 1.82) is 0 Å². The number of H-pyrrole nitrogens is 1. The summed E-state index contributed by atoms with van der Waals surface area (Å²) in [6.45, 7) is 1.22. The molecule has 4 rings (SSSR count). The molecule has 29 heavy (non-hydrogen) atoms. The molecule has 0 radical (unpaired) electrons. The number of ether oxygens (including phenoxy) is 1. The minimum Gasteiger partial charge on any atom is -0.385 e. The number of fused-ring (bicyclic) bond motifs is 1. The molecule has 0 fully saturated rings. The monoisotopic (exact) mass is 427 g/mol. The Hall–Kier alpha value is -2.28. The molecule has 1 atom stereocenters. The van der Waals surface area contributed by atoms with Gasteiger partial charge in [-0.3, -0.25) is 9.89 Å². The Labute approximate surface area is 179 Å². The number of nitrogens with zero attached hydrogens (tertiary/aromatic N) is 2. The Morgan fingerprint density at radius 3 is 2.55 bits per heavy atom. The number of rotatable bonds is 7. The first-order valence-corrected chi connectivity index (χ1v) is 11.0. The second kappa shape index (κ2) is 8.61. The van der Waals surface area contributed by atoms with Crippen LogP contribution in [0, 0.1) is 0 Å². The molecule has 7 heteroatoms. The number of methoxy groups -OCH3 is 1. The van der Waals surface area contributed by atoms with Crippen molar-refractivity contribution in [3.05, 3.63) is 70.4 Å². The fraction of sp³-hybridized carbons (Fsp3) is 0.273. The first kappa shape index (κ1) is 20.0. The number of nitrogens with one attached hydrogen (secondary N) is 1. The van der Waals surface area contributed by atoms with Gasteiger partial charge in [0.05, 0.1) is 11.7 Å². The first-order valence-electron chi connectivity index (χ1n) is 9.42. The number of carbonyl (C=O) groups is 1. The van der Waals surface area contributed by atoms with E-state index in [1.165, 1.54) is 4.90 Å². The van der Waals surface area contributed by atoms with Gasteiger partial charge in [-0.05, 0) is 42.5 Å². The molecule has 0 spiro atoms. The van der Waals surface area contributed by atoms with Crippen LogP contribution in [0.1, 0.15) is 34.1 Å². The van der Waals surface area contributed by atoms with Crippen LogP contribution in [0.15, 0.2) is 53.4 Å². The van der Waals surface area contributed by atoms with Gasteiger partial charge in [-0.2, -0.15) is 5.10 Å². The minimum atomic E-state index is -0.185. The van der Waals surface area contributed by atoms with E-state index in [-0.39, 0.29) is 11.9 Å². The largest absolute Gasteiger partial charge is 0.385 e. The number of benzene rings is 2. The number of thioether (sulfide) groups is 1. The molecule has 1 aliphatic heterocycles. The highest BCUT2D eigenvalue weighted by molar-refractivity contribution is 7.98. The standard InChI is InChI=1S/C22H22ClN3O2S/c1-28-13-3-12-26-21(15-6-10-17(29-2)11-7-15)18-19(24-25-20(18)22(26)27)14-4-8-16(23)9-5-14/h4-11,21H,3,12-13H2,1-2H3,(H,24,25). The van der Waals surface area contributed by atoms with Crippen LogP contribution in [-0.2, 0) is 4.74 Å². The van der Waals surface area contributed by atoms with Crippen molar-refractivity contribution in [3.8, 4) is 11.3 Å². The van der Waals surface area contributed by atoms with Gasteiger partial charge in [0, 0.05) is 41.3 Å². The van der Waals surface area contributed by atoms with Crippen LogP contribution in [0.3, 0.4) is 0 Å². The maximum Gasteiger partial charge on any atom is 0.273 e. The van der Waals surface area contributed by atoms with Crippen LogP contribution < -0.4 is 0 Å². The predicted molar refractivity (Wildman–Crippen MR) is 117 cm³/mol. The van der Waals surface area contributed by atoms with E-state index in [1.54, 1.807) is 18.9 Å². The van der Waals surface area contributed by atoms with Gasteiger partial charge in [0.25, 0.3) is 5.91 Å². The Bertz CT molecular complexity index is 1000. The van der Waals surface area contributed by atoms with E-state index < -0.39 is 0 Å². The topological polar surface area (TPSA) is 58.2 Å². The van der Waals surface area contributed by atoms with Crippen LogP contribution in [0.5, 0.6) is 0 Å². The summed E-state index contributed by atoms with van der Waals surface area (Å²) >= 11 is 7.76. The van der Waals surface area contributed by atoms with E-state index in [0.29, 0.717) is 23.9 Å². The molecule has 0 aliphatic carbocycles. The SMILES string of the molecule is COCCCN1C(=O)c2[nH]nc(-c3ccc(Cl)cc3)c2C1c1ccc(SC)cc1. The first-order chi connectivity index (χ1) is 14.1. The third-order valence-electron chi connectivity index (χ3n) is 5.16. The number of aromatic amines is 1. The lowest BCUT2D eigenvalue weighted by molar-refractivity contribution is 0.0723. The second-order valence-electron chi connectivity index (χ2n) is 6.89. The van der Waals surface area contributed by atoms with Crippen molar-refractivity contribution in [2.75, 3.05) is 26.5 Å². The zero-order chi connectivity index (χ0) is 20.4. The molecule has 1 amide bonds. The van der Waals surface area contributed by atoms with E-state index >= 15 is 0 Å². The highest BCUT2D eigenvalue weighted by atomic mass is 35.5. The normalized spacial score (nSPS) is 15.8. The zero-order valence-corrected chi connectivity index (χ0v) is 17.9. The number of halogens is 1. The van der Waals surface area contributed by atoms with Crippen LogP contribution in [0.4, 0.5) is 0 Å². The summed E-state index contributed by atoms with van der Waals surface area (Å²) in [5.74, 6) is -0.0252. The lowest BCUT2D eigenvalue weighted by atomic mass is 9.96. The van der Waals surface area contributed by atoms with Crippen LogP contribution >= 0.6 is 23.4 Å². The van der Waals surface area contributed by atoms with Gasteiger partial charge in [-0.1, -0.05) is 35.9 Å². The summed E-state index contributed by atoms with van der Waals surface area (Å²) in [7, 11) is 1.68. The number of amides is 1. The average Bonchev–Trinajstić information content (AvgIpc) is 3.28. The number of hydrogen-bond donors (Lipinski definition) is 1.